The van der Waals surface area contributed by atoms with Crippen molar-refractivity contribution in [1.29, 1.82) is 0 Å². The van der Waals surface area contributed by atoms with Crippen molar-refractivity contribution in [3.8, 4) is 0 Å². The first-order chi connectivity index (χ1) is 8.39. The molecule has 1 aliphatic heterocycles. The summed E-state index contributed by atoms with van der Waals surface area (Å²) < 4.78 is 5.29. The lowest BCUT2D eigenvalue weighted by Crippen LogP contribution is -2.44. The molecule has 1 fully saturated rings. The Morgan fingerprint density at radius 2 is 1.83 bits per heavy atom. The van der Waals surface area contributed by atoms with Crippen LogP contribution < -0.4 is 5.32 Å². The molecule has 1 heterocycles. The minimum absolute atomic E-state index is 0.282. The lowest BCUT2D eigenvalue weighted by molar-refractivity contribution is 0.0146. The van der Waals surface area contributed by atoms with E-state index in [4.69, 9.17) is 4.74 Å². The van der Waals surface area contributed by atoms with Gasteiger partial charge in [-0.3, -0.25) is 4.90 Å². The van der Waals surface area contributed by atoms with Crippen LogP contribution in [0.2, 0.25) is 0 Å². The van der Waals surface area contributed by atoms with Crippen molar-refractivity contribution in [3.63, 3.8) is 0 Å². The van der Waals surface area contributed by atoms with E-state index in [-0.39, 0.29) is 6.10 Å². The van der Waals surface area contributed by atoms with Crippen molar-refractivity contribution >= 4 is 0 Å². The van der Waals surface area contributed by atoms with Crippen LogP contribution in [-0.4, -0.2) is 62.0 Å². The Labute approximate surface area is 112 Å². The van der Waals surface area contributed by atoms with Crippen LogP contribution in [0.5, 0.6) is 0 Å². The second-order valence-electron chi connectivity index (χ2n) is 6.49. The van der Waals surface area contributed by atoms with E-state index in [1.807, 2.05) is 0 Å². The molecule has 0 spiro atoms. The van der Waals surface area contributed by atoms with E-state index in [1.165, 1.54) is 0 Å². The Bertz CT molecular complexity index is 222. The van der Waals surface area contributed by atoms with Gasteiger partial charge in [-0.2, -0.15) is 0 Å². The standard InChI is InChI=1S/C14H30N2O2/c1-12(14(2,3)4)9-15-10-13(17)11-16-5-7-18-8-6-16/h12-13,15,17H,5-11H2,1-4H3. The Balaban J connectivity index is 2.11. The van der Waals surface area contributed by atoms with E-state index in [0.717, 1.165) is 39.4 Å². The molecule has 4 heteroatoms. The van der Waals surface area contributed by atoms with Crippen molar-refractivity contribution < 1.29 is 9.84 Å². The van der Waals surface area contributed by atoms with Gasteiger partial charge >= 0.3 is 0 Å². The van der Waals surface area contributed by atoms with Gasteiger partial charge in [0.05, 0.1) is 19.3 Å². The summed E-state index contributed by atoms with van der Waals surface area (Å²) in [5.74, 6) is 0.605. The Morgan fingerprint density at radius 3 is 2.39 bits per heavy atom. The highest BCUT2D eigenvalue weighted by Crippen LogP contribution is 2.24. The Kier molecular flexibility index (Phi) is 6.57. The van der Waals surface area contributed by atoms with Crippen LogP contribution in [0.25, 0.3) is 0 Å². The smallest absolute Gasteiger partial charge is 0.0791 e. The first-order valence-electron chi connectivity index (χ1n) is 7.08. The molecule has 0 saturated carbocycles. The molecule has 2 atom stereocenters. The average Bonchev–Trinajstić information content (AvgIpc) is 2.28. The second-order valence-corrected chi connectivity index (χ2v) is 6.49. The molecule has 0 aromatic rings. The third-order valence-electron chi connectivity index (χ3n) is 3.88. The minimum atomic E-state index is -0.282. The summed E-state index contributed by atoms with van der Waals surface area (Å²) in [4.78, 5) is 2.27. The first kappa shape index (κ1) is 15.9. The molecule has 1 rings (SSSR count). The number of ether oxygens (including phenoxy) is 1. The number of aliphatic hydroxyl groups excluding tert-OH is 1. The SMILES string of the molecule is CC(CNCC(O)CN1CCOCC1)C(C)(C)C. The van der Waals surface area contributed by atoms with Crippen LogP contribution in [0.15, 0.2) is 0 Å². The van der Waals surface area contributed by atoms with E-state index in [0.29, 0.717) is 17.9 Å². The van der Waals surface area contributed by atoms with Gasteiger partial charge in [-0.25, -0.2) is 0 Å². The van der Waals surface area contributed by atoms with Crippen LogP contribution in [0.4, 0.5) is 0 Å². The molecule has 108 valence electrons. The van der Waals surface area contributed by atoms with Crippen LogP contribution in [0, 0.1) is 11.3 Å². The molecule has 0 aliphatic carbocycles. The van der Waals surface area contributed by atoms with Crippen molar-refractivity contribution in [2.75, 3.05) is 45.9 Å². The van der Waals surface area contributed by atoms with Gasteiger partial charge in [-0.05, 0) is 17.9 Å². The number of rotatable bonds is 6. The zero-order valence-electron chi connectivity index (χ0n) is 12.4. The zero-order valence-corrected chi connectivity index (χ0v) is 12.4. The fourth-order valence-electron chi connectivity index (χ4n) is 1.92. The van der Waals surface area contributed by atoms with E-state index >= 15 is 0 Å². The normalized spacial score (nSPS) is 21.8. The fraction of sp³-hybridized carbons (Fsp3) is 1.00. The molecule has 1 aliphatic rings. The molecular weight excluding hydrogens is 228 g/mol. The number of hydrogen-bond donors (Lipinski definition) is 2. The summed E-state index contributed by atoms with van der Waals surface area (Å²) in [5.41, 5.74) is 0.322. The minimum Gasteiger partial charge on any atom is -0.390 e. The topological polar surface area (TPSA) is 44.7 Å². The number of β-amino-alcohol motifs (C(OH)–C–C–N with tert-alkyl or cyclic N) is 1. The van der Waals surface area contributed by atoms with Gasteiger partial charge in [0.25, 0.3) is 0 Å². The van der Waals surface area contributed by atoms with Gasteiger partial charge in [0.2, 0.25) is 0 Å². The predicted octanol–water partition coefficient (Wildman–Crippen LogP) is 0.951. The van der Waals surface area contributed by atoms with Gasteiger partial charge < -0.3 is 15.2 Å². The van der Waals surface area contributed by atoms with Crippen molar-refractivity contribution in [2.45, 2.75) is 33.8 Å². The molecule has 2 unspecified atom stereocenters. The maximum Gasteiger partial charge on any atom is 0.0791 e. The summed E-state index contributed by atoms with van der Waals surface area (Å²) >= 11 is 0. The number of nitrogens with one attached hydrogen (secondary N) is 1. The lowest BCUT2D eigenvalue weighted by atomic mass is 9.82. The molecule has 1 saturated heterocycles. The average molecular weight is 258 g/mol. The van der Waals surface area contributed by atoms with Gasteiger partial charge in [0.1, 0.15) is 0 Å². The molecule has 0 aromatic heterocycles. The van der Waals surface area contributed by atoms with Crippen LogP contribution in [0.3, 0.4) is 0 Å². The summed E-state index contributed by atoms with van der Waals surface area (Å²) in [6.45, 7) is 14.9. The molecule has 2 N–H and O–H groups in total. The number of aliphatic hydroxyl groups is 1. The highest BCUT2D eigenvalue weighted by Gasteiger charge is 2.20. The fourth-order valence-corrected chi connectivity index (χ4v) is 1.92. The summed E-state index contributed by atoms with van der Waals surface area (Å²) in [6.07, 6.45) is -0.282. The van der Waals surface area contributed by atoms with Crippen molar-refractivity contribution in [3.05, 3.63) is 0 Å². The molecule has 0 amide bonds. The van der Waals surface area contributed by atoms with Crippen LogP contribution >= 0.6 is 0 Å². The third-order valence-corrected chi connectivity index (χ3v) is 3.88. The summed E-state index contributed by atoms with van der Waals surface area (Å²) in [7, 11) is 0. The number of morpholine rings is 1. The Hall–Kier alpha value is -0.160. The number of hydrogen-bond acceptors (Lipinski definition) is 4. The first-order valence-corrected chi connectivity index (χ1v) is 7.08. The molecule has 0 aromatic carbocycles. The quantitative estimate of drug-likeness (QED) is 0.744. The maximum atomic E-state index is 9.97. The molecule has 0 bridgehead atoms. The van der Waals surface area contributed by atoms with E-state index in [9.17, 15) is 5.11 Å². The maximum absolute atomic E-state index is 9.97. The molecule has 0 radical (unpaired) electrons. The van der Waals surface area contributed by atoms with Crippen molar-refractivity contribution in [1.82, 2.24) is 10.2 Å². The van der Waals surface area contributed by atoms with Gasteiger partial charge in [0, 0.05) is 26.2 Å². The van der Waals surface area contributed by atoms with Crippen LogP contribution in [0.1, 0.15) is 27.7 Å². The van der Waals surface area contributed by atoms with E-state index in [1.54, 1.807) is 0 Å². The van der Waals surface area contributed by atoms with E-state index < -0.39 is 0 Å². The highest BCUT2D eigenvalue weighted by molar-refractivity contribution is 4.74. The molecular formula is C14H30N2O2. The number of nitrogens with zero attached hydrogens (tertiary/aromatic N) is 1. The van der Waals surface area contributed by atoms with E-state index in [2.05, 4.69) is 37.9 Å². The monoisotopic (exact) mass is 258 g/mol. The summed E-state index contributed by atoms with van der Waals surface area (Å²) in [5, 5.41) is 13.3. The zero-order chi connectivity index (χ0) is 13.6. The largest absolute Gasteiger partial charge is 0.390 e. The second kappa shape index (κ2) is 7.43. The summed E-state index contributed by atoms with van der Waals surface area (Å²) in [6, 6.07) is 0. The van der Waals surface area contributed by atoms with Gasteiger partial charge in [-0.1, -0.05) is 27.7 Å². The molecule has 18 heavy (non-hydrogen) atoms. The van der Waals surface area contributed by atoms with Crippen molar-refractivity contribution in [2.24, 2.45) is 11.3 Å². The third kappa shape index (κ3) is 6.14. The van der Waals surface area contributed by atoms with Crippen LogP contribution in [-0.2, 0) is 4.74 Å². The highest BCUT2D eigenvalue weighted by atomic mass is 16.5. The van der Waals surface area contributed by atoms with Gasteiger partial charge in [0.15, 0.2) is 0 Å². The Morgan fingerprint density at radius 1 is 1.22 bits per heavy atom. The van der Waals surface area contributed by atoms with Gasteiger partial charge in [-0.15, -0.1) is 0 Å². The predicted molar refractivity (Wildman–Crippen MR) is 74.8 cm³/mol. The lowest BCUT2D eigenvalue weighted by Gasteiger charge is -2.30. The molecule has 4 nitrogen and oxygen atoms in total.